The van der Waals surface area contributed by atoms with Crippen molar-refractivity contribution in [3.63, 3.8) is 0 Å². The van der Waals surface area contributed by atoms with E-state index in [0.717, 1.165) is 32.3 Å². The highest BCUT2D eigenvalue weighted by atomic mass is 28.4. The summed E-state index contributed by atoms with van der Waals surface area (Å²) in [6.45, 7) is 15.3. The molecule has 3 nitrogen and oxygen atoms in total. The Morgan fingerprint density at radius 3 is 2.53 bits per heavy atom. The van der Waals surface area contributed by atoms with Crippen LogP contribution in [-0.2, 0) is 13.6 Å². The van der Waals surface area contributed by atoms with Gasteiger partial charge in [0, 0.05) is 6.61 Å². The molecule has 1 fully saturated rings. The molecule has 17 heavy (non-hydrogen) atoms. The van der Waals surface area contributed by atoms with Crippen LogP contribution in [0.2, 0.25) is 32.2 Å². The molecule has 0 spiro atoms. The van der Waals surface area contributed by atoms with Gasteiger partial charge in [-0.1, -0.05) is 5.70 Å². The molecule has 1 unspecified atom stereocenters. The van der Waals surface area contributed by atoms with Gasteiger partial charge in [0.1, 0.15) is 6.10 Å². The van der Waals surface area contributed by atoms with Crippen LogP contribution in [0.15, 0.2) is 12.3 Å². The first kappa shape index (κ1) is 15.1. The number of hydrogen-bond acceptors (Lipinski definition) is 3. The van der Waals surface area contributed by atoms with Crippen molar-refractivity contribution in [1.82, 2.24) is 0 Å². The quantitative estimate of drug-likeness (QED) is 0.368. The molecule has 1 aliphatic heterocycles. The summed E-state index contributed by atoms with van der Waals surface area (Å²) in [4.78, 5) is 0. The molecule has 0 saturated carbocycles. The highest BCUT2D eigenvalue weighted by Gasteiger charge is 2.30. The van der Waals surface area contributed by atoms with Crippen LogP contribution in [0.4, 0.5) is 0 Å². The second-order valence-corrected chi connectivity index (χ2v) is 14.3. The van der Waals surface area contributed by atoms with Gasteiger partial charge in [0.15, 0.2) is 16.6 Å². The van der Waals surface area contributed by atoms with E-state index in [-0.39, 0.29) is 0 Å². The van der Waals surface area contributed by atoms with E-state index in [1.54, 1.807) is 0 Å². The Bertz CT molecular complexity index is 250. The predicted molar refractivity (Wildman–Crippen MR) is 76.2 cm³/mol. The molecule has 0 aliphatic carbocycles. The van der Waals surface area contributed by atoms with Crippen molar-refractivity contribution in [1.29, 1.82) is 0 Å². The third kappa shape index (κ3) is 7.15. The molecular formula is C12H26O3Si2. The summed E-state index contributed by atoms with van der Waals surface area (Å²) in [5, 5.41) is 0. The summed E-state index contributed by atoms with van der Waals surface area (Å²) in [7, 11) is -3.17. The van der Waals surface area contributed by atoms with Crippen molar-refractivity contribution in [2.45, 2.75) is 44.8 Å². The molecule has 0 aromatic rings. The molecule has 0 bridgehead atoms. The zero-order chi connectivity index (χ0) is 12.9. The summed E-state index contributed by atoms with van der Waals surface area (Å²) < 4.78 is 16.9. The number of hydrogen-bond donors (Lipinski definition) is 0. The van der Waals surface area contributed by atoms with Crippen molar-refractivity contribution in [2.75, 3.05) is 19.8 Å². The highest BCUT2D eigenvalue weighted by molar-refractivity contribution is 6.87. The monoisotopic (exact) mass is 274 g/mol. The molecule has 1 rings (SSSR count). The van der Waals surface area contributed by atoms with E-state index in [4.69, 9.17) is 13.6 Å². The lowest BCUT2D eigenvalue weighted by atomic mass is 10.5. The van der Waals surface area contributed by atoms with Gasteiger partial charge in [-0.05, 0) is 38.7 Å². The smallest absolute Gasteiger partial charge is 0.197 e. The van der Waals surface area contributed by atoms with E-state index < -0.39 is 16.6 Å². The standard InChI is InChI=1S/C12H26O3Si2/c1-6-16(2,3)15-17(4,5)9-7-8-13-10-12-11-14-12/h6,12H,1,7-11H2,2-5H3. The SMILES string of the molecule is C=C[Si](C)(C)O[Si](C)(C)CCCOCC1CO1. The van der Waals surface area contributed by atoms with Crippen LogP contribution in [0.25, 0.3) is 0 Å². The first-order valence-electron chi connectivity index (χ1n) is 6.38. The van der Waals surface area contributed by atoms with E-state index >= 15 is 0 Å². The molecule has 1 heterocycles. The van der Waals surface area contributed by atoms with Crippen LogP contribution in [-0.4, -0.2) is 42.6 Å². The summed E-state index contributed by atoms with van der Waals surface area (Å²) in [5.74, 6) is 0. The summed E-state index contributed by atoms with van der Waals surface area (Å²) in [5.41, 5.74) is 2.02. The van der Waals surface area contributed by atoms with Crippen molar-refractivity contribution >= 4 is 16.6 Å². The van der Waals surface area contributed by atoms with Gasteiger partial charge in [0.2, 0.25) is 0 Å². The Balaban J connectivity index is 2.11. The lowest BCUT2D eigenvalue weighted by Gasteiger charge is -2.31. The predicted octanol–water partition coefficient (Wildman–Crippen LogP) is 2.94. The number of ether oxygens (including phenoxy) is 2. The van der Waals surface area contributed by atoms with E-state index in [1.807, 2.05) is 5.70 Å². The zero-order valence-corrected chi connectivity index (χ0v) is 13.6. The van der Waals surface area contributed by atoms with Gasteiger partial charge in [-0.25, -0.2) is 0 Å². The van der Waals surface area contributed by atoms with E-state index in [0.29, 0.717) is 6.10 Å². The summed E-state index contributed by atoms with van der Waals surface area (Å²) >= 11 is 0. The van der Waals surface area contributed by atoms with Crippen LogP contribution in [0.5, 0.6) is 0 Å². The fraction of sp³-hybridized carbons (Fsp3) is 0.833. The van der Waals surface area contributed by atoms with Crippen LogP contribution >= 0.6 is 0 Å². The zero-order valence-electron chi connectivity index (χ0n) is 11.6. The van der Waals surface area contributed by atoms with Crippen LogP contribution in [0.1, 0.15) is 6.42 Å². The second kappa shape index (κ2) is 6.29. The normalized spacial score (nSPS) is 20.4. The summed E-state index contributed by atoms with van der Waals surface area (Å²) in [6.07, 6.45) is 1.47. The molecule has 1 saturated heterocycles. The highest BCUT2D eigenvalue weighted by Crippen LogP contribution is 2.20. The van der Waals surface area contributed by atoms with Crippen molar-refractivity contribution in [2.24, 2.45) is 0 Å². The Labute approximate surface area is 107 Å². The topological polar surface area (TPSA) is 31.0 Å². The van der Waals surface area contributed by atoms with E-state index in [1.165, 1.54) is 0 Å². The fourth-order valence-corrected chi connectivity index (χ4v) is 9.22. The second-order valence-electron chi connectivity index (χ2n) is 5.80. The van der Waals surface area contributed by atoms with Crippen LogP contribution < -0.4 is 0 Å². The van der Waals surface area contributed by atoms with Gasteiger partial charge in [-0.2, -0.15) is 0 Å². The first-order chi connectivity index (χ1) is 7.85. The summed E-state index contributed by atoms with van der Waals surface area (Å²) in [6, 6.07) is 1.16. The average Bonchev–Trinajstić information content (AvgIpc) is 2.99. The Morgan fingerprint density at radius 1 is 1.35 bits per heavy atom. The van der Waals surface area contributed by atoms with Crippen molar-refractivity contribution in [3.05, 3.63) is 12.3 Å². The van der Waals surface area contributed by atoms with E-state index in [2.05, 4.69) is 32.8 Å². The maximum atomic E-state index is 6.29. The number of rotatable bonds is 9. The van der Waals surface area contributed by atoms with Crippen LogP contribution in [0.3, 0.4) is 0 Å². The lowest BCUT2D eigenvalue weighted by Crippen LogP contribution is -2.43. The molecular weight excluding hydrogens is 248 g/mol. The Kier molecular flexibility index (Phi) is 5.59. The van der Waals surface area contributed by atoms with Gasteiger partial charge in [-0.3, -0.25) is 0 Å². The molecule has 0 aromatic carbocycles. The van der Waals surface area contributed by atoms with Gasteiger partial charge >= 0.3 is 0 Å². The molecule has 1 aliphatic rings. The minimum absolute atomic E-state index is 0.378. The largest absolute Gasteiger partial charge is 0.453 e. The molecule has 0 amide bonds. The van der Waals surface area contributed by atoms with Gasteiger partial charge in [0.25, 0.3) is 0 Å². The number of epoxide rings is 1. The Morgan fingerprint density at radius 2 is 2.00 bits per heavy atom. The van der Waals surface area contributed by atoms with Crippen molar-refractivity contribution in [3.8, 4) is 0 Å². The van der Waals surface area contributed by atoms with Gasteiger partial charge in [0.05, 0.1) is 13.2 Å². The third-order valence-electron chi connectivity index (χ3n) is 2.80. The van der Waals surface area contributed by atoms with Gasteiger partial charge in [-0.15, -0.1) is 6.58 Å². The molecule has 0 aromatic heterocycles. The van der Waals surface area contributed by atoms with E-state index in [9.17, 15) is 0 Å². The fourth-order valence-electron chi connectivity index (χ4n) is 1.78. The Hall–Kier alpha value is 0.0538. The minimum atomic E-state index is -1.62. The molecule has 0 radical (unpaired) electrons. The van der Waals surface area contributed by atoms with Gasteiger partial charge < -0.3 is 13.6 Å². The molecule has 1 atom stereocenters. The third-order valence-corrected chi connectivity index (χ3v) is 9.66. The van der Waals surface area contributed by atoms with Crippen molar-refractivity contribution < 1.29 is 13.6 Å². The maximum Gasteiger partial charge on any atom is 0.197 e. The maximum absolute atomic E-state index is 6.29. The molecule has 5 heteroatoms. The molecule has 100 valence electrons. The minimum Gasteiger partial charge on any atom is -0.453 e. The average molecular weight is 275 g/mol. The first-order valence-corrected chi connectivity index (χ1v) is 12.5. The van der Waals surface area contributed by atoms with Crippen LogP contribution in [0, 0.1) is 0 Å². The molecule has 0 N–H and O–H groups in total. The lowest BCUT2D eigenvalue weighted by molar-refractivity contribution is 0.116.